The van der Waals surface area contributed by atoms with Crippen LogP contribution in [0.1, 0.15) is 24.5 Å². The molecule has 0 aliphatic heterocycles. The van der Waals surface area contributed by atoms with E-state index < -0.39 is 6.16 Å². The van der Waals surface area contributed by atoms with E-state index in [2.05, 4.69) is 0 Å². The third-order valence-electron chi connectivity index (χ3n) is 2.53. The quantitative estimate of drug-likeness (QED) is 0.360. The highest BCUT2D eigenvalue weighted by molar-refractivity contribution is 14.1. The van der Waals surface area contributed by atoms with Gasteiger partial charge >= 0.3 is 6.16 Å². The summed E-state index contributed by atoms with van der Waals surface area (Å²) in [5.41, 5.74) is 2.65. The molecule has 16 heavy (non-hydrogen) atoms. The maximum absolute atomic E-state index is 11.3. The number of hydrogen-bond donors (Lipinski definition) is 0. The lowest BCUT2D eigenvalue weighted by Gasteiger charge is -2.08. The topological polar surface area (TPSA) is 35.5 Å². The molecule has 0 aromatic heterocycles. The smallest absolute Gasteiger partial charge is 0.420 e. The van der Waals surface area contributed by atoms with Crippen LogP contribution in [0.5, 0.6) is 5.75 Å². The lowest BCUT2D eigenvalue weighted by molar-refractivity contribution is 0.0988. The second-order valence-corrected chi connectivity index (χ2v) is 5.55. The van der Waals surface area contributed by atoms with Gasteiger partial charge in [-0.2, -0.15) is 0 Å². The second kappa shape index (κ2) is 5.03. The van der Waals surface area contributed by atoms with E-state index in [0.29, 0.717) is 5.75 Å². The summed E-state index contributed by atoms with van der Waals surface area (Å²) in [6.45, 7) is 1.78. The largest absolute Gasteiger partial charge is 0.514 e. The molecule has 0 heterocycles. The summed E-state index contributed by atoms with van der Waals surface area (Å²) in [6.07, 6.45) is 2.75. The first kappa shape index (κ1) is 11.7. The van der Waals surface area contributed by atoms with Gasteiger partial charge in [-0.1, -0.05) is 6.07 Å². The lowest BCUT2D eigenvalue weighted by Crippen LogP contribution is -2.13. The van der Waals surface area contributed by atoms with Gasteiger partial charge in [0.15, 0.2) is 4.11 Å². The van der Waals surface area contributed by atoms with Gasteiger partial charge in [-0.3, -0.25) is 0 Å². The van der Waals surface area contributed by atoms with E-state index in [0.717, 1.165) is 12.8 Å². The van der Waals surface area contributed by atoms with Crippen molar-refractivity contribution < 1.29 is 14.3 Å². The van der Waals surface area contributed by atoms with Crippen LogP contribution in [-0.4, -0.2) is 10.3 Å². The molecule has 0 fully saturated rings. The average molecular weight is 332 g/mol. The van der Waals surface area contributed by atoms with Crippen molar-refractivity contribution in [3.05, 3.63) is 29.3 Å². The van der Waals surface area contributed by atoms with Gasteiger partial charge in [-0.05, 0) is 72.0 Å². The van der Waals surface area contributed by atoms with Crippen molar-refractivity contribution in [1.82, 2.24) is 0 Å². The minimum absolute atomic E-state index is 0.181. The Morgan fingerprint density at radius 3 is 2.88 bits per heavy atom. The normalized spacial score (nSPS) is 15.4. The molecule has 0 spiro atoms. The van der Waals surface area contributed by atoms with Crippen LogP contribution in [0.3, 0.4) is 0 Å². The van der Waals surface area contributed by atoms with E-state index in [1.165, 1.54) is 17.5 Å². The van der Waals surface area contributed by atoms with Gasteiger partial charge in [-0.25, -0.2) is 4.79 Å². The molecule has 0 radical (unpaired) electrons. The summed E-state index contributed by atoms with van der Waals surface area (Å²) in [5.74, 6) is 0.572. The fourth-order valence-corrected chi connectivity index (χ4v) is 2.07. The highest BCUT2D eigenvalue weighted by Gasteiger charge is 2.14. The van der Waals surface area contributed by atoms with Gasteiger partial charge < -0.3 is 9.47 Å². The van der Waals surface area contributed by atoms with Gasteiger partial charge in [0, 0.05) is 0 Å². The van der Waals surface area contributed by atoms with Crippen molar-refractivity contribution in [3.63, 3.8) is 0 Å². The maximum Gasteiger partial charge on any atom is 0.514 e. The zero-order valence-corrected chi connectivity index (χ0v) is 11.2. The molecule has 86 valence electrons. The average Bonchev–Trinajstić information content (AvgIpc) is 2.63. The van der Waals surface area contributed by atoms with Crippen molar-refractivity contribution in [2.24, 2.45) is 0 Å². The first-order valence-corrected chi connectivity index (χ1v) is 6.54. The molecule has 1 aromatic carbocycles. The number of hydrogen-bond acceptors (Lipinski definition) is 3. The third-order valence-corrected chi connectivity index (χ3v) is 2.78. The predicted octanol–water partition coefficient (Wildman–Crippen LogP) is 3.47. The van der Waals surface area contributed by atoms with E-state index >= 15 is 0 Å². The Labute approximate surface area is 108 Å². The maximum atomic E-state index is 11.3. The number of benzene rings is 1. The highest BCUT2D eigenvalue weighted by Crippen LogP contribution is 2.26. The minimum Gasteiger partial charge on any atom is -0.420 e. The fourth-order valence-electron chi connectivity index (χ4n) is 1.86. The van der Waals surface area contributed by atoms with Gasteiger partial charge in [0.25, 0.3) is 0 Å². The summed E-state index contributed by atoms with van der Waals surface area (Å²) in [6, 6.07) is 5.78. The third kappa shape index (κ3) is 2.87. The van der Waals surface area contributed by atoms with Crippen LogP contribution in [0.4, 0.5) is 4.79 Å². The van der Waals surface area contributed by atoms with E-state index in [4.69, 9.17) is 9.47 Å². The van der Waals surface area contributed by atoms with Crippen molar-refractivity contribution in [1.29, 1.82) is 0 Å². The number of carbonyl (C=O) groups is 1. The zero-order chi connectivity index (χ0) is 11.5. The standard InChI is InChI=1S/C12H13IO3/c1-8(13)15-12(14)16-11-6-5-9-3-2-4-10(9)7-11/h5-8H,2-4H2,1H3. The number of halogens is 1. The zero-order valence-electron chi connectivity index (χ0n) is 9.03. The number of alkyl halides is 1. The number of rotatable bonds is 2. The van der Waals surface area contributed by atoms with Crippen LogP contribution in [0.2, 0.25) is 0 Å². The van der Waals surface area contributed by atoms with E-state index in [1.807, 2.05) is 40.8 Å². The van der Waals surface area contributed by atoms with Crippen molar-refractivity contribution >= 4 is 28.7 Å². The molecule has 2 rings (SSSR count). The monoisotopic (exact) mass is 332 g/mol. The van der Waals surface area contributed by atoms with Crippen LogP contribution in [0.15, 0.2) is 18.2 Å². The molecule has 0 N–H and O–H groups in total. The Bertz CT molecular complexity index is 401. The summed E-state index contributed by atoms with van der Waals surface area (Å²) in [7, 11) is 0. The lowest BCUT2D eigenvalue weighted by atomic mass is 10.1. The molecule has 0 saturated carbocycles. The van der Waals surface area contributed by atoms with Gasteiger partial charge in [-0.15, -0.1) is 0 Å². The molecule has 4 heteroatoms. The summed E-state index contributed by atoms with van der Waals surface area (Å²) in [5, 5.41) is 0. The predicted molar refractivity (Wildman–Crippen MR) is 69.1 cm³/mol. The summed E-state index contributed by atoms with van der Waals surface area (Å²) in [4.78, 5) is 11.3. The van der Waals surface area contributed by atoms with Gasteiger partial charge in [0.1, 0.15) is 5.75 Å². The Morgan fingerprint density at radius 1 is 1.38 bits per heavy atom. The van der Waals surface area contributed by atoms with Crippen LogP contribution < -0.4 is 4.74 Å². The van der Waals surface area contributed by atoms with E-state index in [-0.39, 0.29) is 4.11 Å². The van der Waals surface area contributed by atoms with Crippen molar-refractivity contribution in [2.75, 3.05) is 0 Å². The highest BCUT2D eigenvalue weighted by atomic mass is 127. The Morgan fingerprint density at radius 2 is 2.12 bits per heavy atom. The molecule has 1 aromatic rings. The van der Waals surface area contributed by atoms with Crippen molar-refractivity contribution in [2.45, 2.75) is 30.3 Å². The molecule has 0 amide bonds. The molecule has 0 saturated heterocycles. The molecule has 3 nitrogen and oxygen atoms in total. The minimum atomic E-state index is -0.639. The first-order valence-electron chi connectivity index (χ1n) is 5.29. The number of aryl methyl sites for hydroxylation is 2. The SMILES string of the molecule is CC(I)OC(=O)Oc1ccc2c(c1)CCC2. The summed E-state index contributed by atoms with van der Waals surface area (Å²) < 4.78 is 9.80. The molecule has 1 aliphatic rings. The van der Waals surface area contributed by atoms with Crippen LogP contribution in [0.25, 0.3) is 0 Å². The molecule has 1 aliphatic carbocycles. The van der Waals surface area contributed by atoms with Gasteiger partial charge in [0.05, 0.1) is 0 Å². The van der Waals surface area contributed by atoms with Crippen molar-refractivity contribution in [3.8, 4) is 5.75 Å². The van der Waals surface area contributed by atoms with Crippen LogP contribution in [-0.2, 0) is 17.6 Å². The first-order chi connectivity index (χ1) is 7.65. The van der Waals surface area contributed by atoms with E-state index in [1.54, 1.807) is 6.92 Å². The molecule has 1 atom stereocenters. The number of ether oxygens (including phenoxy) is 2. The van der Waals surface area contributed by atoms with E-state index in [9.17, 15) is 4.79 Å². The van der Waals surface area contributed by atoms with Crippen LogP contribution in [0, 0.1) is 0 Å². The molecule has 1 unspecified atom stereocenters. The Hall–Kier alpha value is -0.780. The molecular formula is C12H13IO3. The number of fused-ring (bicyclic) bond motifs is 1. The summed E-state index contributed by atoms with van der Waals surface area (Å²) >= 11 is 2.01. The molecular weight excluding hydrogens is 319 g/mol. The van der Waals surface area contributed by atoms with Crippen LogP contribution >= 0.6 is 22.6 Å². The van der Waals surface area contributed by atoms with Gasteiger partial charge in [0.2, 0.25) is 0 Å². The molecule has 0 bridgehead atoms. The number of carbonyl (C=O) groups excluding carboxylic acids is 1. The second-order valence-electron chi connectivity index (χ2n) is 3.80. The fraction of sp³-hybridized carbons (Fsp3) is 0.417. The Kier molecular flexibility index (Phi) is 3.68. The Balaban J connectivity index is 2.02.